The molecule has 0 bridgehead atoms. The molecule has 0 spiro atoms. The van der Waals surface area contributed by atoms with E-state index in [1.54, 1.807) is 18.3 Å². The number of rotatable bonds is 6. The molecule has 0 saturated carbocycles. The van der Waals surface area contributed by atoms with Crippen molar-refractivity contribution in [3.8, 4) is 5.69 Å². The van der Waals surface area contributed by atoms with Crippen LogP contribution in [0.2, 0.25) is 0 Å². The van der Waals surface area contributed by atoms with Gasteiger partial charge >= 0.3 is 0 Å². The molecule has 0 unspecified atom stereocenters. The zero-order valence-electron chi connectivity index (χ0n) is 11.7. The largest absolute Gasteiger partial charge is 0.385 e. The molecule has 1 aromatic heterocycles. The van der Waals surface area contributed by atoms with Crippen molar-refractivity contribution in [2.24, 2.45) is 0 Å². The number of hydrogen-bond acceptors (Lipinski definition) is 4. The maximum Gasteiger partial charge on any atom is 0.273 e. The maximum atomic E-state index is 11.1. The van der Waals surface area contributed by atoms with Crippen LogP contribution in [-0.4, -0.2) is 21.0 Å². The van der Waals surface area contributed by atoms with Gasteiger partial charge in [-0.2, -0.15) is 0 Å². The molecule has 0 aliphatic heterocycles. The highest BCUT2D eigenvalue weighted by atomic mass is 16.6. The SMILES string of the molecule is CCCNc1cc(-n2ccnc2CC)cc([N+](=O)[O-])c1. The predicted molar refractivity (Wildman–Crippen MR) is 78.4 cm³/mol. The monoisotopic (exact) mass is 274 g/mol. The maximum absolute atomic E-state index is 11.1. The van der Waals surface area contributed by atoms with Crippen LogP contribution in [0.1, 0.15) is 26.1 Å². The summed E-state index contributed by atoms with van der Waals surface area (Å²) in [6, 6.07) is 5.03. The second-order valence-electron chi connectivity index (χ2n) is 4.49. The molecule has 6 heteroatoms. The summed E-state index contributed by atoms with van der Waals surface area (Å²) < 4.78 is 1.88. The van der Waals surface area contributed by atoms with Gasteiger partial charge in [0.2, 0.25) is 0 Å². The van der Waals surface area contributed by atoms with Crippen molar-refractivity contribution in [2.75, 3.05) is 11.9 Å². The van der Waals surface area contributed by atoms with E-state index in [4.69, 9.17) is 0 Å². The van der Waals surface area contributed by atoms with Gasteiger partial charge in [0, 0.05) is 43.2 Å². The Bertz CT molecular complexity index is 607. The summed E-state index contributed by atoms with van der Waals surface area (Å²) in [4.78, 5) is 14.9. The molecule has 0 atom stereocenters. The van der Waals surface area contributed by atoms with Gasteiger partial charge in [-0.05, 0) is 12.5 Å². The van der Waals surface area contributed by atoms with Crippen LogP contribution in [0.4, 0.5) is 11.4 Å². The van der Waals surface area contributed by atoms with Crippen LogP contribution in [0.15, 0.2) is 30.6 Å². The van der Waals surface area contributed by atoms with Crippen LogP contribution >= 0.6 is 0 Å². The van der Waals surface area contributed by atoms with Gasteiger partial charge in [-0.15, -0.1) is 0 Å². The second kappa shape index (κ2) is 6.18. The Hall–Kier alpha value is -2.37. The van der Waals surface area contributed by atoms with E-state index in [1.165, 1.54) is 0 Å². The van der Waals surface area contributed by atoms with E-state index in [1.807, 2.05) is 23.8 Å². The summed E-state index contributed by atoms with van der Waals surface area (Å²) in [5.74, 6) is 0.881. The smallest absolute Gasteiger partial charge is 0.273 e. The first-order chi connectivity index (χ1) is 9.65. The van der Waals surface area contributed by atoms with Gasteiger partial charge in [0.05, 0.1) is 10.6 Å². The van der Waals surface area contributed by atoms with E-state index in [9.17, 15) is 10.1 Å². The second-order valence-corrected chi connectivity index (χ2v) is 4.49. The summed E-state index contributed by atoms with van der Waals surface area (Å²) in [6.07, 6.45) is 5.26. The molecule has 2 aromatic rings. The standard InChI is InChI=1S/C14H18N4O2/c1-3-5-15-11-8-12(10-13(9-11)18(19)20)17-7-6-16-14(17)4-2/h6-10,15H,3-5H2,1-2H3. The summed E-state index contributed by atoms with van der Waals surface area (Å²) in [5, 5.41) is 14.2. The molecule has 1 heterocycles. The molecule has 1 aromatic carbocycles. The summed E-state index contributed by atoms with van der Waals surface area (Å²) in [5.41, 5.74) is 1.59. The Balaban J connectivity index is 2.46. The molecule has 0 fully saturated rings. The first kappa shape index (κ1) is 14.0. The molecule has 2 rings (SSSR count). The molecule has 106 valence electrons. The average molecular weight is 274 g/mol. The van der Waals surface area contributed by atoms with Crippen LogP contribution in [0.25, 0.3) is 5.69 Å². The minimum absolute atomic E-state index is 0.0804. The van der Waals surface area contributed by atoms with Crippen LogP contribution in [0.3, 0.4) is 0 Å². The highest BCUT2D eigenvalue weighted by Gasteiger charge is 2.12. The number of benzene rings is 1. The van der Waals surface area contributed by atoms with E-state index in [2.05, 4.69) is 17.2 Å². The molecule has 0 saturated heterocycles. The van der Waals surface area contributed by atoms with Gasteiger partial charge < -0.3 is 9.88 Å². The van der Waals surface area contributed by atoms with Gasteiger partial charge in [0.25, 0.3) is 5.69 Å². The molecule has 6 nitrogen and oxygen atoms in total. The number of nitro benzene ring substituents is 1. The fraction of sp³-hybridized carbons (Fsp3) is 0.357. The summed E-state index contributed by atoms with van der Waals surface area (Å²) >= 11 is 0. The van der Waals surface area contributed by atoms with E-state index in [0.29, 0.717) is 0 Å². The average Bonchev–Trinajstić information content (AvgIpc) is 2.93. The first-order valence-corrected chi connectivity index (χ1v) is 6.71. The quantitative estimate of drug-likeness (QED) is 0.648. The Kier molecular flexibility index (Phi) is 4.34. The number of aryl methyl sites for hydroxylation is 1. The third kappa shape index (κ3) is 2.96. The molecule has 0 amide bonds. The van der Waals surface area contributed by atoms with E-state index in [-0.39, 0.29) is 10.6 Å². The van der Waals surface area contributed by atoms with Crippen molar-refractivity contribution >= 4 is 11.4 Å². The van der Waals surface area contributed by atoms with Crippen LogP contribution in [0, 0.1) is 10.1 Å². The van der Waals surface area contributed by atoms with Crippen molar-refractivity contribution in [1.82, 2.24) is 9.55 Å². The number of imidazole rings is 1. The molecule has 0 radical (unpaired) electrons. The number of nitrogens with one attached hydrogen (secondary N) is 1. The van der Waals surface area contributed by atoms with Gasteiger partial charge in [-0.1, -0.05) is 13.8 Å². The molecule has 0 aliphatic carbocycles. The Morgan fingerprint density at radius 2 is 2.15 bits per heavy atom. The highest BCUT2D eigenvalue weighted by molar-refractivity contribution is 5.59. The molecular weight excluding hydrogens is 256 g/mol. The normalized spacial score (nSPS) is 10.5. The fourth-order valence-corrected chi connectivity index (χ4v) is 2.04. The van der Waals surface area contributed by atoms with E-state index in [0.717, 1.165) is 36.6 Å². The Morgan fingerprint density at radius 3 is 2.80 bits per heavy atom. The fourth-order valence-electron chi connectivity index (χ4n) is 2.04. The molecular formula is C14H18N4O2. The summed E-state index contributed by atoms with van der Waals surface area (Å²) in [7, 11) is 0. The number of aromatic nitrogens is 2. The lowest BCUT2D eigenvalue weighted by molar-refractivity contribution is -0.384. The van der Waals surface area contributed by atoms with E-state index >= 15 is 0 Å². The van der Waals surface area contributed by atoms with Crippen molar-refractivity contribution in [3.05, 3.63) is 46.5 Å². The number of hydrogen-bond donors (Lipinski definition) is 1. The minimum Gasteiger partial charge on any atom is -0.385 e. The zero-order valence-corrected chi connectivity index (χ0v) is 11.7. The van der Waals surface area contributed by atoms with Gasteiger partial charge in [0.15, 0.2) is 0 Å². The van der Waals surface area contributed by atoms with Crippen LogP contribution in [-0.2, 0) is 6.42 Å². The number of nitro groups is 1. The zero-order chi connectivity index (χ0) is 14.5. The van der Waals surface area contributed by atoms with Crippen LogP contribution < -0.4 is 5.32 Å². The number of non-ortho nitro benzene ring substituents is 1. The van der Waals surface area contributed by atoms with Gasteiger partial charge in [0.1, 0.15) is 5.82 Å². The van der Waals surface area contributed by atoms with Gasteiger partial charge in [-0.25, -0.2) is 4.98 Å². The summed E-state index contributed by atoms with van der Waals surface area (Å²) in [6.45, 7) is 4.84. The molecule has 20 heavy (non-hydrogen) atoms. The lowest BCUT2D eigenvalue weighted by Gasteiger charge is -2.10. The highest BCUT2D eigenvalue weighted by Crippen LogP contribution is 2.24. The Morgan fingerprint density at radius 1 is 1.35 bits per heavy atom. The topological polar surface area (TPSA) is 73.0 Å². The van der Waals surface area contributed by atoms with Crippen molar-refractivity contribution in [3.63, 3.8) is 0 Å². The van der Waals surface area contributed by atoms with Gasteiger partial charge in [-0.3, -0.25) is 10.1 Å². The first-order valence-electron chi connectivity index (χ1n) is 6.71. The number of anilines is 1. The van der Waals surface area contributed by atoms with E-state index < -0.39 is 0 Å². The lowest BCUT2D eigenvalue weighted by Crippen LogP contribution is -2.04. The van der Waals surface area contributed by atoms with Crippen molar-refractivity contribution in [1.29, 1.82) is 0 Å². The Labute approximate surface area is 117 Å². The minimum atomic E-state index is -0.372. The third-order valence-electron chi connectivity index (χ3n) is 3.00. The number of nitrogens with zero attached hydrogens (tertiary/aromatic N) is 3. The lowest BCUT2D eigenvalue weighted by atomic mass is 10.2. The van der Waals surface area contributed by atoms with Crippen molar-refractivity contribution < 1.29 is 4.92 Å². The van der Waals surface area contributed by atoms with Crippen LogP contribution in [0.5, 0.6) is 0 Å². The molecule has 1 N–H and O–H groups in total. The predicted octanol–water partition coefficient (Wildman–Crippen LogP) is 3.16. The van der Waals surface area contributed by atoms with Crippen molar-refractivity contribution in [2.45, 2.75) is 26.7 Å². The third-order valence-corrected chi connectivity index (χ3v) is 3.00. The molecule has 0 aliphatic rings.